The van der Waals surface area contributed by atoms with Crippen LogP contribution in [-0.2, 0) is 0 Å². The Morgan fingerprint density at radius 1 is 1.12 bits per heavy atom. The number of hydrogen-bond donors (Lipinski definition) is 2. The number of benzene rings is 1. The number of amides is 1. The van der Waals surface area contributed by atoms with Crippen LogP contribution in [0.15, 0.2) is 24.5 Å². The first-order valence-corrected chi connectivity index (χ1v) is 9.26. The van der Waals surface area contributed by atoms with Crippen molar-refractivity contribution in [1.29, 1.82) is 0 Å². The Labute approximate surface area is 143 Å². The summed E-state index contributed by atoms with van der Waals surface area (Å²) < 4.78 is 0. The van der Waals surface area contributed by atoms with E-state index in [1.807, 2.05) is 18.2 Å². The summed E-state index contributed by atoms with van der Waals surface area (Å²) in [7, 11) is 0. The predicted molar refractivity (Wildman–Crippen MR) is 97.2 cm³/mol. The van der Waals surface area contributed by atoms with Crippen LogP contribution in [0.4, 0.5) is 0 Å². The third-order valence-corrected chi connectivity index (χ3v) is 4.82. The quantitative estimate of drug-likeness (QED) is 0.766. The molecule has 1 saturated heterocycles. The number of carbonyl (C=O) groups excluding carboxylic acids is 1. The molecule has 1 aliphatic heterocycles. The normalized spacial score (nSPS) is 16.2. The Morgan fingerprint density at radius 3 is 2.79 bits per heavy atom. The van der Waals surface area contributed by atoms with Crippen LogP contribution in [0, 0.1) is 0 Å². The Kier molecular flexibility index (Phi) is 6.24. The van der Waals surface area contributed by atoms with E-state index in [1.165, 1.54) is 58.2 Å². The number of fused-ring (bicyclic) bond motifs is 1. The van der Waals surface area contributed by atoms with Crippen molar-refractivity contribution in [1.82, 2.24) is 20.2 Å². The lowest BCUT2D eigenvalue weighted by Crippen LogP contribution is -2.26. The maximum absolute atomic E-state index is 12.2. The first-order valence-electron chi connectivity index (χ1n) is 9.26. The minimum Gasteiger partial charge on any atom is -0.352 e. The van der Waals surface area contributed by atoms with Gasteiger partial charge in [0.2, 0.25) is 0 Å². The molecule has 0 saturated carbocycles. The highest BCUT2D eigenvalue weighted by Crippen LogP contribution is 2.12. The first-order chi connectivity index (χ1) is 11.8. The van der Waals surface area contributed by atoms with Gasteiger partial charge in [0.1, 0.15) is 0 Å². The van der Waals surface area contributed by atoms with Gasteiger partial charge in [0, 0.05) is 12.1 Å². The van der Waals surface area contributed by atoms with Gasteiger partial charge in [0.15, 0.2) is 0 Å². The highest BCUT2D eigenvalue weighted by Gasteiger charge is 2.09. The largest absolute Gasteiger partial charge is 0.352 e. The fourth-order valence-electron chi connectivity index (χ4n) is 3.38. The number of H-pyrrole nitrogens is 1. The number of nitrogens with zero attached hydrogens (tertiary/aromatic N) is 2. The number of imidazole rings is 1. The molecule has 0 unspecified atom stereocenters. The second kappa shape index (κ2) is 8.83. The molecule has 2 aromatic rings. The smallest absolute Gasteiger partial charge is 0.251 e. The van der Waals surface area contributed by atoms with Crippen LogP contribution in [0.5, 0.6) is 0 Å². The van der Waals surface area contributed by atoms with Crippen molar-refractivity contribution < 1.29 is 4.79 Å². The third kappa shape index (κ3) is 4.81. The van der Waals surface area contributed by atoms with Crippen molar-refractivity contribution in [2.45, 2.75) is 44.9 Å². The van der Waals surface area contributed by atoms with Gasteiger partial charge in [-0.3, -0.25) is 4.79 Å². The standard InChI is InChI=1S/C19H28N4O/c24-19(16-8-9-17-18(14-16)22-15-21-17)20-10-4-3-7-13-23-11-5-1-2-6-12-23/h8-9,14-15H,1-7,10-13H2,(H,20,24)(H,21,22). The van der Waals surface area contributed by atoms with Gasteiger partial charge in [-0.05, 0) is 63.5 Å². The topological polar surface area (TPSA) is 61.0 Å². The fourth-order valence-corrected chi connectivity index (χ4v) is 3.38. The molecule has 2 N–H and O–H groups in total. The van der Waals surface area contributed by atoms with Crippen LogP contribution in [-0.4, -0.2) is 47.0 Å². The maximum Gasteiger partial charge on any atom is 0.251 e. The second-order valence-electron chi connectivity index (χ2n) is 6.71. The number of rotatable bonds is 7. The number of likely N-dealkylation sites (tertiary alicyclic amines) is 1. The van der Waals surface area contributed by atoms with E-state index in [0.717, 1.165) is 24.0 Å². The number of nitrogens with one attached hydrogen (secondary N) is 2. The molecule has 5 nitrogen and oxygen atoms in total. The molecule has 0 spiro atoms. The molecule has 1 aromatic heterocycles. The zero-order valence-corrected chi connectivity index (χ0v) is 14.4. The molecule has 0 aliphatic carbocycles. The average molecular weight is 328 g/mol. The van der Waals surface area contributed by atoms with Crippen molar-refractivity contribution in [3.8, 4) is 0 Å². The van der Waals surface area contributed by atoms with Gasteiger partial charge in [0.25, 0.3) is 5.91 Å². The van der Waals surface area contributed by atoms with Crippen molar-refractivity contribution in [3.05, 3.63) is 30.1 Å². The van der Waals surface area contributed by atoms with Crippen molar-refractivity contribution in [3.63, 3.8) is 0 Å². The van der Waals surface area contributed by atoms with Gasteiger partial charge >= 0.3 is 0 Å². The molecular formula is C19H28N4O. The van der Waals surface area contributed by atoms with Crippen molar-refractivity contribution in [2.75, 3.05) is 26.2 Å². The monoisotopic (exact) mass is 328 g/mol. The van der Waals surface area contributed by atoms with Gasteiger partial charge in [-0.1, -0.05) is 19.3 Å². The molecule has 24 heavy (non-hydrogen) atoms. The summed E-state index contributed by atoms with van der Waals surface area (Å²) in [5.74, 6) is -0.000909. The average Bonchev–Trinajstić information content (AvgIpc) is 2.92. The highest BCUT2D eigenvalue weighted by atomic mass is 16.1. The summed E-state index contributed by atoms with van der Waals surface area (Å²) >= 11 is 0. The molecule has 0 radical (unpaired) electrons. The first kappa shape index (κ1) is 17.0. The third-order valence-electron chi connectivity index (χ3n) is 4.82. The van der Waals surface area contributed by atoms with Crippen molar-refractivity contribution >= 4 is 16.9 Å². The van der Waals surface area contributed by atoms with Gasteiger partial charge in [-0.2, -0.15) is 0 Å². The summed E-state index contributed by atoms with van der Waals surface area (Å²) in [5.41, 5.74) is 2.48. The molecule has 1 fully saturated rings. The molecule has 0 bridgehead atoms. The Balaban J connectivity index is 1.31. The molecular weight excluding hydrogens is 300 g/mol. The second-order valence-corrected chi connectivity index (χ2v) is 6.71. The van der Waals surface area contributed by atoms with Crippen molar-refractivity contribution in [2.24, 2.45) is 0 Å². The van der Waals surface area contributed by atoms with E-state index in [1.54, 1.807) is 6.33 Å². The highest BCUT2D eigenvalue weighted by molar-refractivity contribution is 5.97. The minimum atomic E-state index is -0.000909. The van der Waals surface area contributed by atoms with Crippen LogP contribution < -0.4 is 5.32 Å². The van der Waals surface area contributed by atoms with Crippen LogP contribution in [0.25, 0.3) is 11.0 Å². The molecule has 0 atom stereocenters. The molecule has 5 heteroatoms. The zero-order valence-electron chi connectivity index (χ0n) is 14.4. The summed E-state index contributed by atoms with van der Waals surface area (Å²) in [6.45, 7) is 4.50. The lowest BCUT2D eigenvalue weighted by molar-refractivity contribution is 0.0953. The minimum absolute atomic E-state index is 0.000909. The van der Waals surface area contributed by atoms with E-state index >= 15 is 0 Å². The number of aromatic nitrogens is 2. The summed E-state index contributed by atoms with van der Waals surface area (Å²) in [4.78, 5) is 22.0. The van der Waals surface area contributed by atoms with Gasteiger partial charge in [-0.15, -0.1) is 0 Å². The maximum atomic E-state index is 12.2. The SMILES string of the molecule is O=C(NCCCCCN1CCCCCC1)c1ccc2nc[nH]c2c1. The van der Waals surface area contributed by atoms with E-state index in [2.05, 4.69) is 20.2 Å². The van der Waals surface area contributed by atoms with Crippen LogP contribution in [0.1, 0.15) is 55.3 Å². The van der Waals surface area contributed by atoms with Crippen LogP contribution in [0.2, 0.25) is 0 Å². The van der Waals surface area contributed by atoms with Gasteiger partial charge in [-0.25, -0.2) is 4.98 Å². The molecule has 1 aromatic carbocycles. The predicted octanol–water partition coefficient (Wildman–Crippen LogP) is 3.34. The summed E-state index contributed by atoms with van der Waals surface area (Å²) in [6.07, 6.45) is 10.6. The van der Waals surface area contributed by atoms with E-state index in [0.29, 0.717) is 5.56 Å². The van der Waals surface area contributed by atoms with Gasteiger partial charge in [0.05, 0.1) is 17.4 Å². The van der Waals surface area contributed by atoms with E-state index in [4.69, 9.17) is 0 Å². The number of carbonyl (C=O) groups is 1. The lowest BCUT2D eigenvalue weighted by atomic mass is 10.2. The van der Waals surface area contributed by atoms with Crippen LogP contribution >= 0.6 is 0 Å². The number of unbranched alkanes of at least 4 members (excludes halogenated alkanes) is 2. The zero-order chi connectivity index (χ0) is 16.6. The Morgan fingerprint density at radius 2 is 1.96 bits per heavy atom. The van der Waals surface area contributed by atoms with Crippen LogP contribution in [0.3, 0.4) is 0 Å². The molecule has 130 valence electrons. The number of aromatic amines is 1. The molecule has 3 rings (SSSR count). The summed E-state index contributed by atoms with van der Waals surface area (Å²) in [5, 5.41) is 3.02. The molecule has 1 aliphatic rings. The molecule has 1 amide bonds. The lowest BCUT2D eigenvalue weighted by Gasteiger charge is -2.19. The fraction of sp³-hybridized carbons (Fsp3) is 0.579. The Hall–Kier alpha value is -1.88. The summed E-state index contributed by atoms with van der Waals surface area (Å²) in [6, 6.07) is 5.57. The van der Waals surface area contributed by atoms with Gasteiger partial charge < -0.3 is 15.2 Å². The van der Waals surface area contributed by atoms with E-state index in [-0.39, 0.29) is 5.91 Å². The Bertz CT molecular complexity index is 644. The molecule has 2 heterocycles. The van der Waals surface area contributed by atoms with E-state index in [9.17, 15) is 4.79 Å². The number of hydrogen-bond acceptors (Lipinski definition) is 3. The van der Waals surface area contributed by atoms with E-state index < -0.39 is 0 Å².